The summed E-state index contributed by atoms with van der Waals surface area (Å²) in [6, 6.07) is 0. The van der Waals surface area contributed by atoms with Gasteiger partial charge in [-0.1, -0.05) is 22.9 Å². The average Bonchev–Trinajstić information content (AvgIpc) is 2.96. The van der Waals surface area contributed by atoms with Crippen molar-refractivity contribution in [3.63, 3.8) is 0 Å². The number of aromatic nitrogens is 1. The fraction of sp³-hybridized carbons (Fsp3) is 0.727. The molecule has 1 aliphatic heterocycles. The Labute approximate surface area is 121 Å². The molecule has 5 nitrogen and oxygen atoms in total. The van der Waals surface area contributed by atoms with Crippen LogP contribution in [0.1, 0.15) is 18.5 Å². The normalized spacial score (nSPS) is 31.8. The molecule has 1 saturated heterocycles. The number of thiazole rings is 1. The monoisotopic (exact) mass is 322 g/mol. The molecule has 0 aromatic carbocycles. The molecule has 106 valence electrons. The van der Waals surface area contributed by atoms with Gasteiger partial charge in [0.1, 0.15) is 0 Å². The predicted octanol–water partition coefficient (Wildman–Crippen LogP) is 1.50. The maximum atomic E-state index is 12.6. The van der Waals surface area contributed by atoms with Crippen LogP contribution >= 0.6 is 22.9 Å². The zero-order chi connectivity index (χ0) is 13.8. The van der Waals surface area contributed by atoms with Crippen molar-refractivity contribution in [2.24, 2.45) is 11.8 Å². The first kappa shape index (κ1) is 13.8. The van der Waals surface area contributed by atoms with Gasteiger partial charge in [0.2, 0.25) is 0 Å². The number of sulfonamides is 1. The van der Waals surface area contributed by atoms with Crippen molar-refractivity contribution >= 4 is 33.0 Å². The summed E-state index contributed by atoms with van der Waals surface area (Å²) in [5, 5.41) is 9.86. The Hall–Kier alpha value is -0.210. The van der Waals surface area contributed by atoms with Crippen molar-refractivity contribution in [2.75, 3.05) is 13.1 Å². The molecule has 1 saturated carbocycles. The lowest BCUT2D eigenvalue weighted by molar-refractivity contribution is 0.129. The maximum Gasteiger partial charge on any atom is 0.254 e. The van der Waals surface area contributed by atoms with Gasteiger partial charge in [0, 0.05) is 19.0 Å². The molecule has 2 heterocycles. The van der Waals surface area contributed by atoms with Gasteiger partial charge >= 0.3 is 0 Å². The van der Waals surface area contributed by atoms with E-state index in [-0.39, 0.29) is 26.6 Å². The molecule has 1 N–H and O–H groups in total. The smallest absolute Gasteiger partial charge is 0.254 e. The number of aryl methyl sites for hydroxylation is 1. The van der Waals surface area contributed by atoms with Gasteiger partial charge in [0.05, 0.1) is 11.8 Å². The van der Waals surface area contributed by atoms with Gasteiger partial charge < -0.3 is 5.11 Å². The molecule has 2 aliphatic rings. The molecule has 8 heteroatoms. The Morgan fingerprint density at radius 1 is 1.42 bits per heavy atom. The number of hydrogen-bond donors (Lipinski definition) is 1. The highest BCUT2D eigenvalue weighted by Gasteiger charge is 2.46. The zero-order valence-corrected chi connectivity index (χ0v) is 12.8. The Balaban J connectivity index is 1.89. The summed E-state index contributed by atoms with van der Waals surface area (Å²) >= 11 is 6.78. The average molecular weight is 323 g/mol. The summed E-state index contributed by atoms with van der Waals surface area (Å²) in [5.41, 5.74) is 0.451. The Morgan fingerprint density at radius 2 is 2.16 bits per heavy atom. The van der Waals surface area contributed by atoms with E-state index in [1.54, 1.807) is 6.92 Å². The van der Waals surface area contributed by atoms with Crippen molar-refractivity contribution in [1.29, 1.82) is 0 Å². The number of rotatable bonds is 2. The second-order valence-corrected chi connectivity index (χ2v) is 8.94. The predicted molar refractivity (Wildman–Crippen MR) is 72.8 cm³/mol. The third-order valence-electron chi connectivity index (χ3n) is 4.09. The molecule has 1 aliphatic carbocycles. The summed E-state index contributed by atoms with van der Waals surface area (Å²) < 4.78 is 27.1. The van der Waals surface area contributed by atoms with E-state index in [0.717, 1.165) is 24.2 Å². The zero-order valence-electron chi connectivity index (χ0n) is 10.4. The highest BCUT2D eigenvalue weighted by atomic mass is 35.5. The van der Waals surface area contributed by atoms with Crippen LogP contribution in [0.5, 0.6) is 0 Å². The van der Waals surface area contributed by atoms with Gasteiger partial charge in [-0.05, 0) is 25.7 Å². The molecule has 0 spiro atoms. The fourth-order valence-corrected chi connectivity index (χ4v) is 6.51. The fourth-order valence-electron chi connectivity index (χ4n) is 3.10. The number of fused-ring (bicyclic) bond motifs is 1. The third-order valence-corrected chi connectivity index (χ3v) is 7.77. The maximum absolute atomic E-state index is 12.6. The molecule has 3 atom stereocenters. The van der Waals surface area contributed by atoms with Crippen molar-refractivity contribution < 1.29 is 13.5 Å². The van der Waals surface area contributed by atoms with E-state index in [9.17, 15) is 13.5 Å². The van der Waals surface area contributed by atoms with Gasteiger partial charge in [-0.25, -0.2) is 13.4 Å². The van der Waals surface area contributed by atoms with Gasteiger partial charge in [-0.2, -0.15) is 4.31 Å². The summed E-state index contributed by atoms with van der Waals surface area (Å²) in [6.45, 7) is 2.56. The van der Waals surface area contributed by atoms with Crippen LogP contribution in [0.2, 0.25) is 4.47 Å². The van der Waals surface area contributed by atoms with Crippen LogP contribution in [0.4, 0.5) is 0 Å². The summed E-state index contributed by atoms with van der Waals surface area (Å²) in [4.78, 5) is 3.96. The molecule has 0 amide bonds. The molecule has 3 rings (SSSR count). The largest absolute Gasteiger partial charge is 0.393 e. The van der Waals surface area contributed by atoms with E-state index in [1.807, 2.05) is 0 Å². The lowest BCUT2D eigenvalue weighted by Crippen LogP contribution is -2.31. The van der Waals surface area contributed by atoms with E-state index in [1.165, 1.54) is 4.31 Å². The third kappa shape index (κ3) is 2.21. The van der Waals surface area contributed by atoms with Gasteiger partial charge in [0.15, 0.2) is 8.68 Å². The Bertz CT molecular complexity index is 601. The highest BCUT2D eigenvalue weighted by Crippen LogP contribution is 2.41. The van der Waals surface area contributed by atoms with Crippen LogP contribution < -0.4 is 0 Å². The molecule has 3 unspecified atom stereocenters. The van der Waals surface area contributed by atoms with Crippen molar-refractivity contribution in [3.8, 4) is 0 Å². The minimum atomic E-state index is -3.52. The molecule has 1 aromatic heterocycles. The second kappa shape index (κ2) is 4.66. The molecule has 1 aromatic rings. The van der Waals surface area contributed by atoms with E-state index in [4.69, 9.17) is 11.6 Å². The van der Waals surface area contributed by atoms with E-state index >= 15 is 0 Å². The quantitative estimate of drug-likeness (QED) is 0.895. The van der Waals surface area contributed by atoms with Gasteiger partial charge in [0.25, 0.3) is 10.0 Å². The van der Waals surface area contributed by atoms with Crippen molar-refractivity contribution in [1.82, 2.24) is 9.29 Å². The van der Waals surface area contributed by atoms with Crippen LogP contribution in [0.15, 0.2) is 4.21 Å². The molecule has 0 radical (unpaired) electrons. The first-order valence-corrected chi connectivity index (χ1v) is 8.84. The Morgan fingerprint density at radius 3 is 2.74 bits per heavy atom. The summed E-state index contributed by atoms with van der Waals surface area (Å²) in [6.07, 6.45) is 1.32. The number of halogens is 1. The molecule has 19 heavy (non-hydrogen) atoms. The van der Waals surface area contributed by atoms with Gasteiger partial charge in [-0.15, -0.1) is 0 Å². The van der Waals surface area contributed by atoms with E-state index < -0.39 is 10.0 Å². The first-order valence-electron chi connectivity index (χ1n) is 6.20. The standard InChI is InChI=1S/C11H15ClN2O3S2/c1-6-10(18-11(12)13-6)19(16,17)14-4-7-2-3-9(15)8(7)5-14/h7-9,15H,2-5H2,1H3. The topological polar surface area (TPSA) is 70.5 Å². The number of hydrogen-bond acceptors (Lipinski definition) is 5. The van der Waals surface area contributed by atoms with Crippen molar-refractivity contribution in [3.05, 3.63) is 10.2 Å². The molecular weight excluding hydrogens is 308 g/mol. The van der Waals surface area contributed by atoms with Crippen LogP contribution in [0.3, 0.4) is 0 Å². The van der Waals surface area contributed by atoms with Crippen molar-refractivity contribution in [2.45, 2.75) is 30.1 Å². The van der Waals surface area contributed by atoms with Crippen LogP contribution in [0, 0.1) is 18.8 Å². The molecule has 0 bridgehead atoms. The number of nitrogens with zero attached hydrogens (tertiary/aromatic N) is 2. The minimum absolute atomic E-state index is 0.0819. The molecular formula is C11H15ClN2O3S2. The van der Waals surface area contributed by atoms with Crippen LogP contribution in [0.25, 0.3) is 0 Å². The van der Waals surface area contributed by atoms with Gasteiger partial charge in [-0.3, -0.25) is 0 Å². The first-order chi connectivity index (χ1) is 8.89. The summed E-state index contributed by atoms with van der Waals surface area (Å²) in [7, 11) is -3.52. The lowest BCUT2D eigenvalue weighted by atomic mass is 10.00. The number of aliphatic hydroxyl groups is 1. The number of aliphatic hydroxyl groups excluding tert-OH is 1. The highest BCUT2D eigenvalue weighted by molar-refractivity contribution is 7.91. The minimum Gasteiger partial charge on any atom is -0.393 e. The van der Waals surface area contributed by atoms with E-state index in [0.29, 0.717) is 18.8 Å². The van der Waals surface area contributed by atoms with Crippen LogP contribution in [-0.4, -0.2) is 42.0 Å². The SMILES string of the molecule is Cc1nc(Cl)sc1S(=O)(=O)N1CC2CCC(O)C2C1. The van der Waals surface area contributed by atoms with E-state index in [2.05, 4.69) is 4.98 Å². The van der Waals surface area contributed by atoms with Crippen LogP contribution in [-0.2, 0) is 10.0 Å². The lowest BCUT2D eigenvalue weighted by Gasteiger charge is -2.17. The Kier molecular flexibility index (Phi) is 3.38. The summed E-state index contributed by atoms with van der Waals surface area (Å²) in [5.74, 6) is 0.368. The molecule has 2 fully saturated rings. The second-order valence-electron chi connectivity index (χ2n) is 5.23.